The van der Waals surface area contributed by atoms with Crippen molar-refractivity contribution in [3.63, 3.8) is 0 Å². The number of likely N-dealkylation sites (N-methyl/N-ethyl adjacent to an activating group) is 1. The van der Waals surface area contributed by atoms with Gasteiger partial charge in [-0.2, -0.15) is 13.2 Å². The molecule has 0 radical (unpaired) electrons. The highest BCUT2D eigenvalue weighted by molar-refractivity contribution is 7.98. The molecule has 0 aliphatic carbocycles. The number of hydrogen-bond donors (Lipinski definition) is 2. The van der Waals surface area contributed by atoms with E-state index in [1.165, 1.54) is 34.9 Å². The van der Waals surface area contributed by atoms with Crippen molar-refractivity contribution >= 4 is 34.5 Å². The maximum atomic E-state index is 13.9. The first kappa shape index (κ1) is 25.0. The van der Waals surface area contributed by atoms with Crippen LogP contribution in [-0.2, 0) is 0 Å². The number of anilines is 1. The van der Waals surface area contributed by atoms with Crippen molar-refractivity contribution in [1.82, 2.24) is 19.9 Å². The van der Waals surface area contributed by atoms with Crippen LogP contribution in [0.15, 0.2) is 52.2 Å². The summed E-state index contributed by atoms with van der Waals surface area (Å²) in [6.07, 6.45) is -3.57. The lowest BCUT2D eigenvalue weighted by molar-refractivity contribution is -0.162. The van der Waals surface area contributed by atoms with Gasteiger partial charge in [-0.3, -0.25) is 9.36 Å². The van der Waals surface area contributed by atoms with E-state index in [1.54, 1.807) is 31.2 Å². The van der Waals surface area contributed by atoms with E-state index in [0.29, 0.717) is 21.6 Å². The fraction of sp³-hybridized carbons (Fsp3) is 0.348. The van der Waals surface area contributed by atoms with Crippen LogP contribution < -0.4 is 16.0 Å². The van der Waals surface area contributed by atoms with Crippen LogP contribution in [0, 0.1) is 0 Å². The van der Waals surface area contributed by atoms with Crippen LogP contribution in [0.5, 0.6) is 0 Å². The first-order valence-electron chi connectivity index (χ1n) is 10.9. The number of carbonyl (C=O) groups is 1. The van der Waals surface area contributed by atoms with E-state index in [0.717, 1.165) is 11.9 Å². The molecule has 1 aliphatic rings. The number of nitrogens with zero attached hydrogens (tertiary/aromatic N) is 4. The number of aromatic nitrogens is 2. The van der Waals surface area contributed by atoms with Crippen LogP contribution in [0.1, 0.15) is 19.9 Å². The van der Waals surface area contributed by atoms with Crippen LogP contribution in [0.3, 0.4) is 0 Å². The Balaban J connectivity index is 1.96. The van der Waals surface area contributed by atoms with Gasteiger partial charge in [0.2, 0.25) is 0 Å². The lowest BCUT2D eigenvalue weighted by Gasteiger charge is -2.23. The lowest BCUT2D eigenvalue weighted by Crippen LogP contribution is -2.40. The van der Waals surface area contributed by atoms with Crippen molar-refractivity contribution in [2.45, 2.75) is 37.1 Å². The number of halogens is 3. The summed E-state index contributed by atoms with van der Waals surface area (Å²) in [6.45, 7) is 2.63. The molecule has 35 heavy (non-hydrogen) atoms. The van der Waals surface area contributed by atoms with E-state index in [2.05, 4.69) is 10.4 Å². The Morgan fingerprint density at radius 2 is 1.91 bits per heavy atom. The van der Waals surface area contributed by atoms with E-state index in [-0.39, 0.29) is 29.0 Å². The van der Waals surface area contributed by atoms with Crippen molar-refractivity contribution < 1.29 is 23.1 Å². The van der Waals surface area contributed by atoms with Crippen LogP contribution in [0.2, 0.25) is 0 Å². The summed E-state index contributed by atoms with van der Waals surface area (Å²) >= 11 is 1.36. The van der Waals surface area contributed by atoms with E-state index in [9.17, 15) is 27.9 Å². The number of amides is 2. The smallest absolute Gasteiger partial charge is 0.393 e. The minimum Gasteiger partial charge on any atom is -0.393 e. The quantitative estimate of drug-likeness (QED) is 0.491. The van der Waals surface area contributed by atoms with Gasteiger partial charge in [-0.25, -0.2) is 20.2 Å². The van der Waals surface area contributed by atoms with Crippen molar-refractivity contribution in [2.24, 2.45) is 0 Å². The van der Waals surface area contributed by atoms with Gasteiger partial charge in [0, 0.05) is 17.0 Å². The highest BCUT2D eigenvalue weighted by atomic mass is 32.2. The number of urea groups is 1. The van der Waals surface area contributed by atoms with E-state index >= 15 is 0 Å². The highest BCUT2D eigenvalue weighted by Crippen LogP contribution is 2.34. The summed E-state index contributed by atoms with van der Waals surface area (Å²) in [5.74, 6) is 0. The Labute approximate surface area is 203 Å². The lowest BCUT2D eigenvalue weighted by atomic mass is 10.1. The molecule has 1 unspecified atom stereocenters. The Morgan fingerprint density at radius 1 is 1.20 bits per heavy atom. The van der Waals surface area contributed by atoms with Gasteiger partial charge >= 0.3 is 12.2 Å². The van der Waals surface area contributed by atoms with Gasteiger partial charge in [0.25, 0.3) is 5.56 Å². The average molecular weight is 508 g/mol. The van der Waals surface area contributed by atoms with Crippen molar-refractivity contribution in [2.75, 3.05) is 24.4 Å². The number of benzene rings is 2. The maximum Gasteiger partial charge on any atom is 0.408 e. The van der Waals surface area contributed by atoms with Gasteiger partial charge < -0.3 is 10.0 Å². The topological polar surface area (TPSA) is 90.7 Å². The molecule has 0 spiro atoms. The Morgan fingerprint density at radius 3 is 2.51 bits per heavy atom. The number of carbonyl (C=O) groups excluding carboxylic acids is 1. The molecule has 1 aromatic heterocycles. The second kappa shape index (κ2) is 9.51. The van der Waals surface area contributed by atoms with Gasteiger partial charge in [0.15, 0.2) is 0 Å². The number of aliphatic hydroxyl groups excluding tert-OH is 1. The molecular formula is C23H24F3N5O3S. The number of aliphatic hydroxyl groups is 1. The maximum absolute atomic E-state index is 13.9. The summed E-state index contributed by atoms with van der Waals surface area (Å²) in [5.41, 5.74) is 2.65. The molecule has 3 aromatic rings. The zero-order valence-electron chi connectivity index (χ0n) is 19.2. The third-order valence-electron chi connectivity index (χ3n) is 5.96. The number of nitrogens with one attached hydrogen (secondary N) is 1. The number of rotatable bonds is 6. The molecule has 2 heterocycles. The predicted octanol–water partition coefficient (Wildman–Crippen LogP) is 3.99. The minimum absolute atomic E-state index is 0.0622. The van der Waals surface area contributed by atoms with Crippen LogP contribution in [0.25, 0.3) is 22.3 Å². The molecule has 0 saturated carbocycles. The normalized spacial score (nSPS) is 17.5. The number of fused-ring (bicyclic) bond motifs is 1. The van der Waals surface area contributed by atoms with Gasteiger partial charge in [0.05, 0.1) is 23.3 Å². The number of hydrazine groups is 1. The van der Waals surface area contributed by atoms with Crippen LogP contribution in [-0.4, -0.2) is 57.3 Å². The van der Waals surface area contributed by atoms with Gasteiger partial charge in [-0.15, -0.1) is 11.8 Å². The molecular weight excluding hydrogens is 483 g/mol. The largest absolute Gasteiger partial charge is 0.408 e. The summed E-state index contributed by atoms with van der Waals surface area (Å²) < 4.78 is 42.3. The fourth-order valence-corrected chi connectivity index (χ4v) is 4.69. The zero-order chi connectivity index (χ0) is 25.5. The van der Waals surface area contributed by atoms with Crippen LogP contribution in [0.4, 0.5) is 23.7 Å². The number of thioether (sulfide) groups is 1. The molecule has 2 amide bonds. The molecule has 2 atom stereocenters. The summed E-state index contributed by atoms with van der Waals surface area (Å²) in [4.78, 5) is 32.8. The Kier molecular flexibility index (Phi) is 6.80. The molecule has 8 nitrogen and oxygen atoms in total. The summed E-state index contributed by atoms with van der Waals surface area (Å²) in [6, 6.07) is 8.62. The number of hydrogen-bond acceptors (Lipinski definition) is 6. The molecule has 4 rings (SSSR count). The minimum atomic E-state index is -4.70. The molecule has 1 saturated heterocycles. The molecule has 1 fully saturated rings. The fourth-order valence-electron chi connectivity index (χ4n) is 4.09. The van der Waals surface area contributed by atoms with Gasteiger partial charge in [-0.05, 0) is 44.4 Å². The second-order valence-electron chi connectivity index (χ2n) is 7.96. The van der Waals surface area contributed by atoms with E-state index in [4.69, 9.17) is 0 Å². The third kappa shape index (κ3) is 4.37. The number of alkyl halides is 3. The first-order valence-corrected chi connectivity index (χ1v) is 12.1. The monoisotopic (exact) mass is 507 g/mol. The zero-order valence-corrected chi connectivity index (χ0v) is 20.0. The van der Waals surface area contributed by atoms with E-state index in [1.807, 2.05) is 6.26 Å². The summed E-state index contributed by atoms with van der Waals surface area (Å²) in [7, 11) is 0. The van der Waals surface area contributed by atoms with Crippen molar-refractivity contribution in [3.05, 3.63) is 52.8 Å². The molecule has 186 valence electrons. The second-order valence-corrected chi connectivity index (χ2v) is 8.81. The Hall–Kier alpha value is -3.09. The SMILES string of the molecule is CCN1C(=O)N(c2ccc3nc(-c4ccccc4SC)c(=O)n([C@@H](C)C(F)(F)F)c3c2)NC1CO. The molecule has 0 bridgehead atoms. The van der Waals surface area contributed by atoms with E-state index < -0.39 is 30.0 Å². The third-order valence-corrected chi connectivity index (χ3v) is 6.75. The molecule has 12 heteroatoms. The Bertz CT molecular complexity index is 1330. The molecule has 2 aromatic carbocycles. The average Bonchev–Trinajstić information content (AvgIpc) is 3.17. The predicted molar refractivity (Wildman–Crippen MR) is 128 cm³/mol. The van der Waals surface area contributed by atoms with Gasteiger partial charge in [-0.1, -0.05) is 18.2 Å². The van der Waals surface area contributed by atoms with Crippen LogP contribution >= 0.6 is 11.8 Å². The standard InChI is InChI=1S/C23H24F3N5O3S/c1-4-29-19(12-32)28-31(22(29)34)14-9-10-16-17(11-14)30(13(2)23(24,25)26)21(33)20(27-16)15-7-5-6-8-18(15)35-3/h5-11,13,19,28,32H,4,12H2,1-3H3/t13-,19?/m0/s1. The summed E-state index contributed by atoms with van der Waals surface area (Å²) in [5, 5.41) is 10.7. The van der Waals surface area contributed by atoms with Crippen molar-refractivity contribution in [1.29, 1.82) is 0 Å². The van der Waals surface area contributed by atoms with Crippen molar-refractivity contribution in [3.8, 4) is 11.3 Å². The van der Waals surface area contributed by atoms with Gasteiger partial charge in [0.1, 0.15) is 17.9 Å². The molecule has 1 aliphatic heterocycles. The molecule has 2 N–H and O–H groups in total. The first-order chi connectivity index (χ1) is 16.6. The highest BCUT2D eigenvalue weighted by Gasteiger charge is 2.40.